The second-order valence-electron chi connectivity index (χ2n) is 5.71. The monoisotopic (exact) mass is 287 g/mol. The molecule has 0 aromatic carbocycles. The fourth-order valence-electron chi connectivity index (χ4n) is 2.50. The molecule has 0 spiro atoms. The molecule has 1 aliphatic rings. The standard InChI is InChI=1S/C16H21N3O2/c1-12(2)16-18-14(11-21-16)9-19-6-7-20-15(10-19)13-4-3-5-17-8-13/h3-5,8,11-12,15H,6-7,9-10H2,1-2H3. The number of aromatic nitrogens is 2. The molecule has 112 valence electrons. The molecule has 3 rings (SSSR count). The molecule has 0 N–H and O–H groups in total. The summed E-state index contributed by atoms with van der Waals surface area (Å²) in [4.78, 5) is 11.1. The van der Waals surface area contributed by atoms with E-state index >= 15 is 0 Å². The summed E-state index contributed by atoms with van der Waals surface area (Å²) in [6.07, 6.45) is 5.52. The van der Waals surface area contributed by atoms with Crippen LogP contribution in [0.5, 0.6) is 0 Å². The summed E-state index contributed by atoms with van der Waals surface area (Å²) in [6.45, 7) is 7.48. The zero-order valence-electron chi connectivity index (χ0n) is 12.5. The normalized spacial score (nSPS) is 20.0. The van der Waals surface area contributed by atoms with Crippen molar-refractivity contribution in [2.75, 3.05) is 19.7 Å². The number of nitrogens with zero attached hydrogens (tertiary/aromatic N) is 3. The van der Waals surface area contributed by atoms with Crippen LogP contribution >= 0.6 is 0 Å². The summed E-state index contributed by atoms with van der Waals surface area (Å²) < 4.78 is 11.3. The second-order valence-corrected chi connectivity index (χ2v) is 5.71. The Bertz CT molecular complexity index is 568. The molecule has 1 atom stereocenters. The van der Waals surface area contributed by atoms with Crippen LogP contribution in [-0.2, 0) is 11.3 Å². The first-order valence-corrected chi connectivity index (χ1v) is 7.40. The number of pyridine rings is 1. The summed E-state index contributed by atoms with van der Waals surface area (Å²) in [5.74, 6) is 1.13. The lowest BCUT2D eigenvalue weighted by molar-refractivity contribution is -0.0334. The minimum atomic E-state index is 0.0870. The SMILES string of the molecule is CC(C)c1nc(CN2CCOC(c3cccnc3)C2)co1. The van der Waals surface area contributed by atoms with E-state index in [2.05, 4.69) is 34.8 Å². The molecule has 1 fully saturated rings. The largest absolute Gasteiger partial charge is 0.448 e. The molecule has 1 saturated heterocycles. The van der Waals surface area contributed by atoms with E-state index in [9.17, 15) is 0 Å². The molecule has 5 nitrogen and oxygen atoms in total. The van der Waals surface area contributed by atoms with Crippen LogP contribution in [0.1, 0.15) is 43.0 Å². The number of morpholine rings is 1. The van der Waals surface area contributed by atoms with Gasteiger partial charge in [-0.2, -0.15) is 0 Å². The molecule has 3 heterocycles. The van der Waals surface area contributed by atoms with Crippen LogP contribution in [0.25, 0.3) is 0 Å². The van der Waals surface area contributed by atoms with Gasteiger partial charge in [-0.1, -0.05) is 19.9 Å². The Morgan fingerprint density at radius 2 is 2.33 bits per heavy atom. The summed E-state index contributed by atoms with van der Waals surface area (Å²) in [6, 6.07) is 4.01. The van der Waals surface area contributed by atoms with E-state index in [1.807, 2.05) is 12.3 Å². The van der Waals surface area contributed by atoms with E-state index in [4.69, 9.17) is 9.15 Å². The van der Waals surface area contributed by atoms with E-state index in [0.717, 1.165) is 43.4 Å². The summed E-state index contributed by atoms with van der Waals surface area (Å²) in [7, 11) is 0. The smallest absolute Gasteiger partial charge is 0.196 e. The minimum Gasteiger partial charge on any atom is -0.448 e. The molecular weight excluding hydrogens is 266 g/mol. The molecule has 0 radical (unpaired) electrons. The number of rotatable bonds is 4. The van der Waals surface area contributed by atoms with Crippen molar-refractivity contribution in [3.63, 3.8) is 0 Å². The average Bonchev–Trinajstić information content (AvgIpc) is 2.97. The van der Waals surface area contributed by atoms with Crippen LogP contribution in [0.2, 0.25) is 0 Å². The molecule has 1 unspecified atom stereocenters. The Hall–Kier alpha value is -1.72. The van der Waals surface area contributed by atoms with Gasteiger partial charge in [-0.25, -0.2) is 4.98 Å². The van der Waals surface area contributed by atoms with E-state index in [0.29, 0.717) is 5.92 Å². The maximum absolute atomic E-state index is 5.85. The van der Waals surface area contributed by atoms with Gasteiger partial charge >= 0.3 is 0 Å². The highest BCUT2D eigenvalue weighted by Crippen LogP contribution is 2.23. The van der Waals surface area contributed by atoms with Gasteiger partial charge < -0.3 is 9.15 Å². The molecule has 5 heteroatoms. The molecule has 0 aliphatic carbocycles. The van der Waals surface area contributed by atoms with Gasteiger partial charge in [0.25, 0.3) is 0 Å². The fraction of sp³-hybridized carbons (Fsp3) is 0.500. The Labute approximate surface area is 125 Å². The Morgan fingerprint density at radius 1 is 1.43 bits per heavy atom. The van der Waals surface area contributed by atoms with Crippen molar-refractivity contribution in [3.8, 4) is 0 Å². The summed E-state index contributed by atoms with van der Waals surface area (Å²) in [5, 5.41) is 0. The van der Waals surface area contributed by atoms with Gasteiger partial charge in [0.15, 0.2) is 5.89 Å². The third kappa shape index (κ3) is 3.49. The number of hydrogen-bond acceptors (Lipinski definition) is 5. The quantitative estimate of drug-likeness (QED) is 0.865. The van der Waals surface area contributed by atoms with Crippen LogP contribution in [0.3, 0.4) is 0 Å². The maximum atomic E-state index is 5.85. The number of oxazole rings is 1. The Kier molecular flexibility index (Phi) is 4.31. The highest BCUT2D eigenvalue weighted by Gasteiger charge is 2.23. The van der Waals surface area contributed by atoms with Crippen molar-refractivity contribution in [3.05, 3.63) is 47.9 Å². The van der Waals surface area contributed by atoms with Crippen LogP contribution in [-0.4, -0.2) is 34.6 Å². The van der Waals surface area contributed by atoms with Crippen molar-refractivity contribution in [1.29, 1.82) is 0 Å². The second kappa shape index (κ2) is 6.37. The Morgan fingerprint density at radius 3 is 3.05 bits per heavy atom. The van der Waals surface area contributed by atoms with Gasteiger partial charge in [0.05, 0.1) is 18.4 Å². The molecule has 2 aromatic rings. The van der Waals surface area contributed by atoms with Gasteiger partial charge in [0.1, 0.15) is 6.26 Å². The van der Waals surface area contributed by atoms with E-state index in [-0.39, 0.29) is 6.10 Å². The van der Waals surface area contributed by atoms with Crippen molar-refractivity contribution in [2.24, 2.45) is 0 Å². The van der Waals surface area contributed by atoms with Crippen molar-refractivity contribution >= 4 is 0 Å². The van der Waals surface area contributed by atoms with Gasteiger partial charge in [0.2, 0.25) is 0 Å². The zero-order chi connectivity index (χ0) is 14.7. The molecule has 0 amide bonds. The van der Waals surface area contributed by atoms with E-state index < -0.39 is 0 Å². The first kappa shape index (κ1) is 14.2. The molecule has 21 heavy (non-hydrogen) atoms. The molecular formula is C16H21N3O2. The maximum Gasteiger partial charge on any atom is 0.196 e. The lowest BCUT2D eigenvalue weighted by atomic mass is 10.1. The molecule has 0 saturated carbocycles. The van der Waals surface area contributed by atoms with Crippen LogP contribution < -0.4 is 0 Å². The number of hydrogen-bond donors (Lipinski definition) is 0. The first-order valence-electron chi connectivity index (χ1n) is 7.40. The van der Waals surface area contributed by atoms with Gasteiger partial charge in [-0.15, -0.1) is 0 Å². The summed E-state index contributed by atoms with van der Waals surface area (Å²) in [5.41, 5.74) is 2.12. The lowest BCUT2D eigenvalue weighted by Gasteiger charge is -2.32. The van der Waals surface area contributed by atoms with Crippen LogP contribution in [0.4, 0.5) is 0 Å². The zero-order valence-corrected chi connectivity index (χ0v) is 12.5. The van der Waals surface area contributed by atoms with Gasteiger partial charge in [-0.05, 0) is 6.07 Å². The highest BCUT2D eigenvalue weighted by atomic mass is 16.5. The summed E-state index contributed by atoms with van der Waals surface area (Å²) >= 11 is 0. The predicted molar refractivity (Wildman–Crippen MR) is 78.8 cm³/mol. The number of ether oxygens (including phenoxy) is 1. The third-order valence-corrected chi connectivity index (χ3v) is 3.66. The molecule has 1 aliphatic heterocycles. The van der Waals surface area contributed by atoms with E-state index in [1.54, 1.807) is 12.5 Å². The van der Waals surface area contributed by atoms with Crippen LogP contribution in [0.15, 0.2) is 35.2 Å². The first-order chi connectivity index (χ1) is 10.2. The average molecular weight is 287 g/mol. The van der Waals surface area contributed by atoms with Crippen molar-refractivity contribution in [2.45, 2.75) is 32.4 Å². The lowest BCUT2D eigenvalue weighted by Crippen LogP contribution is -2.37. The van der Waals surface area contributed by atoms with Crippen molar-refractivity contribution < 1.29 is 9.15 Å². The molecule has 2 aromatic heterocycles. The van der Waals surface area contributed by atoms with Crippen LogP contribution in [0, 0.1) is 0 Å². The fourth-order valence-corrected chi connectivity index (χ4v) is 2.50. The molecule has 0 bridgehead atoms. The van der Waals surface area contributed by atoms with Gasteiger partial charge in [-0.3, -0.25) is 9.88 Å². The predicted octanol–water partition coefficient (Wildman–Crippen LogP) is 2.77. The van der Waals surface area contributed by atoms with E-state index in [1.165, 1.54) is 0 Å². The minimum absolute atomic E-state index is 0.0870. The highest BCUT2D eigenvalue weighted by molar-refractivity contribution is 5.13. The van der Waals surface area contributed by atoms with Crippen molar-refractivity contribution in [1.82, 2.24) is 14.9 Å². The Balaban J connectivity index is 1.63. The van der Waals surface area contributed by atoms with Gasteiger partial charge in [0, 0.05) is 43.5 Å². The third-order valence-electron chi connectivity index (χ3n) is 3.66. The topological polar surface area (TPSA) is 51.4 Å².